The van der Waals surface area contributed by atoms with Gasteiger partial charge in [0.25, 0.3) is 0 Å². The zero-order valence-corrected chi connectivity index (χ0v) is 19.6. The predicted molar refractivity (Wildman–Crippen MR) is 128 cm³/mol. The van der Waals surface area contributed by atoms with Crippen LogP contribution in [0.25, 0.3) is 5.57 Å². The molecule has 0 bridgehead atoms. The van der Waals surface area contributed by atoms with Gasteiger partial charge in [-0.25, -0.2) is 9.37 Å². The number of halogens is 1. The molecule has 0 aliphatic rings. The van der Waals surface area contributed by atoms with Gasteiger partial charge in [0.1, 0.15) is 5.83 Å². The average molecular weight is 408 g/mol. The summed E-state index contributed by atoms with van der Waals surface area (Å²) in [4.78, 5) is 4.56. The van der Waals surface area contributed by atoms with Crippen molar-refractivity contribution in [2.24, 2.45) is 0 Å². The van der Waals surface area contributed by atoms with Crippen LogP contribution in [-0.4, -0.2) is 4.98 Å². The second kappa shape index (κ2) is 19.2. The van der Waals surface area contributed by atoms with Gasteiger partial charge in [-0.15, -0.1) is 27.2 Å². The summed E-state index contributed by atoms with van der Waals surface area (Å²) in [5, 5.41) is 2.90. The van der Waals surface area contributed by atoms with E-state index in [9.17, 15) is 4.39 Å². The van der Waals surface area contributed by atoms with Crippen LogP contribution >= 0.6 is 20.6 Å². The molecule has 1 nitrogen and oxygen atoms in total. The Morgan fingerprint density at radius 3 is 2.41 bits per heavy atom. The summed E-state index contributed by atoms with van der Waals surface area (Å²) >= 11 is 1.56. The molecule has 0 radical (unpaired) electrons. The summed E-state index contributed by atoms with van der Waals surface area (Å²) in [6, 6.07) is 0. The average Bonchev–Trinajstić information content (AvgIpc) is 3.14. The lowest BCUT2D eigenvalue weighted by Crippen LogP contribution is -1.90. The lowest BCUT2D eigenvalue weighted by atomic mass is 10.1. The molecule has 1 unspecified atom stereocenters. The second-order valence-electron chi connectivity index (χ2n) is 5.01. The Morgan fingerprint density at radius 2 is 1.93 bits per heavy atom. The largest absolute Gasteiger partial charge is 0.241 e. The van der Waals surface area contributed by atoms with Crippen LogP contribution in [0, 0.1) is 0 Å². The minimum Gasteiger partial charge on any atom is -0.241 e. The van der Waals surface area contributed by atoms with Crippen LogP contribution in [0.4, 0.5) is 4.39 Å². The fraction of sp³-hybridized carbons (Fsp3) is 0.348. The Hall–Kier alpha value is -1.57. The topological polar surface area (TPSA) is 12.9 Å². The summed E-state index contributed by atoms with van der Waals surface area (Å²) < 4.78 is 14.1. The number of hydrogen-bond acceptors (Lipinski definition) is 2. The lowest BCUT2D eigenvalue weighted by molar-refractivity contribution is 0.673. The van der Waals surface area contributed by atoms with Crippen LogP contribution in [-0.2, 0) is 6.42 Å². The van der Waals surface area contributed by atoms with Gasteiger partial charge in [-0.3, -0.25) is 0 Å². The van der Waals surface area contributed by atoms with Gasteiger partial charge in [-0.2, -0.15) is 0 Å². The van der Waals surface area contributed by atoms with E-state index in [2.05, 4.69) is 46.0 Å². The van der Waals surface area contributed by atoms with Gasteiger partial charge in [0, 0.05) is 17.4 Å². The third-order valence-corrected chi connectivity index (χ3v) is 4.16. The molecule has 0 N–H and O–H groups in total. The van der Waals surface area contributed by atoms with E-state index in [-0.39, 0.29) is 5.83 Å². The van der Waals surface area contributed by atoms with Crippen LogP contribution in [0.2, 0.25) is 0 Å². The molecule has 4 heteroatoms. The zero-order valence-electron chi connectivity index (χ0n) is 17.6. The standard InChI is InChI=1S/C18H23FNPS.C3H6.C2H6/c1-4-7-9-14(6-3)11-18-20-17(13-22-18)15(12-21)16(19)10-8-5-2;1-3-2;1-2/h5-10,12-13H,4,11,21H2,1-3H3;3H,1H2,2H3;1-2H3/b8-5-,9-7-,14-6+,15-12-,16-10+;;. The van der Waals surface area contributed by atoms with Gasteiger partial charge < -0.3 is 0 Å². The van der Waals surface area contributed by atoms with Crippen molar-refractivity contribution in [3.63, 3.8) is 0 Å². The minimum absolute atomic E-state index is 0.276. The Morgan fingerprint density at radius 1 is 1.30 bits per heavy atom. The van der Waals surface area contributed by atoms with Crippen molar-refractivity contribution in [3.8, 4) is 0 Å². The first-order chi connectivity index (χ1) is 13.1. The first-order valence-corrected chi connectivity index (χ1v) is 10.9. The molecule has 1 heterocycles. The quantitative estimate of drug-likeness (QED) is 0.251. The number of thiazole rings is 1. The highest BCUT2D eigenvalue weighted by Crippen LogP contribution is 2.28. The predicted octanol–water partition coefficient (Wildman–Crippen LogP) is 8.46. The summed E-state index contributed by atoms with van der Waals surface area (Å²) in [6.45, 7) is 15.2. The number of rotatable bonds is 7. The minimum atomic E-state index is -0.276. The molecule has 0 aromatic carbocycles. The maximum absolute atomic E-state index is 14.1. The van der Waals surface area contributed by atoms with Gasteiger partial charge in [0.05, 0.1) is 10.7 Å². The molecule has 0 amide bonds. The molecule has 27 heavy (non-hydrogen) atoms. The number of nitrogens with zero attached hydrogens (tertiary/aromatic N) is 1. The second-order valence-corrected chi connectivity index (χ2v) is 6.28. The highest BCUT2D eigenvalue weighted by atomic mass is 32.1. The number of allylic oxidation sites excluding steroid dienone is 10. The fourth-order valence-electron chi connectivity index (χ4n) is 1.77. The molecule has 0 saturated carbocycles. The van der Waals surface area contributed by atoms with E-state index in [0.717, 1.165) is 17.8 Å². The van der Waals surface area contributed by atoms with Crippen LogP contribution in [0.5, 0.6) is 0 Å². The first kappa shape index (κ1) is 27.6. The Labute approximate surface area is 172 Å². The van der Waals surface area contributed by atoms with E-state index in [0.29, 0.717) is 11.3 Å². The van der Waals surface area contributed by atoms with Crippen molar-refractivity contribution in [3.05, 3.63) is 82.4 Å². The summed E-state index contributed by atoms with van der Waals surface area (Å²) in [5.41, 5.74) is 2.42. The molecule has 0 saturated heterocycles. The molecule has 0 spiro atoms. The monoisotopic (exact) mass is 407 g/mol. The molecule has 150 valence electrons. The van der Waals surface area contributed by atoms with Crippen LogP contribution < -0.4 is 0 Å². The van der Waals surface area contributed by atoms with Crippen molar-refractivity contribution in [1.29, 1.82) is 0 Å². The molecule has 1 aromatic heterocycles. The smallest absolute Gasteiger partial charge is 0.132 e. The number of hydrogen-bond donors (Lipinski definition) is 0. The molecule has 0 aliphatic carbocycles. The molecule has 1 atom stereocenters. The summed E-state index contributed by atoms with van der Waals surface area (Å²) in [7, 11) is 2.45. The fourth-order valence-corrected chi connectivity index (χ4v) is 2.93. The van der Waals surface area contributed by atoms with E-state index < -0.39 is 0 Å². The van der Waals surface area contributed by atoms with Crippen LogP contribution in [0.1, 0.15) is 58.7 Å². The van der Waals surface area contributed by atoms with Gasteiger partial charge in [0.15, 0.2) is 0 Å². The van der Waals surface area contributed by atoms with E-state index in [1.54, 1.807) is 35.4 Å². The third-order valence-electron chi connectivity index (χ3n) is 2.98. The highest BCUT2D eigenvalue weighted by molar-refractivity contribution is 7.21. The van der Waals surface area contributed by atoms with Crippen LogP contribution in [0.3, 0.4) is 0 Å². The molecule has 0 aliphatic heterocycles. The SMILES string of the molecule is C=CC.CC.C\C=C/C=C(F)\C(=C\P)c1csc(CC(/C=C\CC)=C/C)n1. The summed E-state index contributed by atoms with van der Waals surface area (Å²) in [5.74, 6) is 1.41. The third kappa shape index (κ3) is 12.4. The van der Waals surface area contributed by atoms with Gasteiger partial charge >= 0.3 is 0 Å². The normalized spacial score (nSPS) is 12.5. The van der Waals surface area contributed by atoms with Crippen molar-refractivity contribution in [2.75, 3.05) is 0 Å². The van der Waals surface area contributed by atoms with E-state index in [4.69, 9.17) is 0 Å². The Kier molecular flexibility index (Phi) is 19.7. The van der Waals surface area contributed by atoms with E-state index in [1.807, 2.05) is 40.0 Å². The van der Waals surface area contributed by atoms with E-state index in [1.165, 1.54) is 11.6 Å². The van der Waals surface area contributed by atoms with Gasteiger partial charge in [-0.1, -0.05) is 63.0 Å². The summed E-state index contributed by atoms with van der Waals surface area (Å²) in [6.07, 6.45) is 14.8. The van der Waals surface area contributed by atoms with Crippen LogP contribution in [0.15, 0.2) is 71.7 Å². The Balaban J connectivity index is 0. The lowest BCUT2D eigenvalue weighted by Gasteiger charge is -2.00. The molecule has 0 fully saturated rings. The Bertz CT molecular complexity index is 664. The highest BCUT2D eigenvalue weighted by Gasteiger charge is 2.11. The van der Waals surface area contributed by atoms with Crippen molar-refractivity contribution < 1.29 is 4.39 Å². The van der Waals surface area contributed by atoms with Gasteiger partial charge in [0.2, 0.25) is 0 Å². The maximum Gasteiger partial charge on any atom is 0.132 e. The molecular weight excluding hydrogens is 372 g/mol. The maximum atomic E-state index is 14.1. The molecule has 1 aromatic rings. The molecular formula is C23H35FNPS. The van der Waals surface area contributed by atoms with Gasteiger partial charge in [-0.05, 0) is 38.8 Å². The van der Waals surface area contributed by atoms with Crippen molar-refractivity contribution >= 4 is 26.1 Å². The van der Waals surface area contributed by atoms with Crippen molar-refractivity contribution in [2.45, 2.75) is 54.4 Å². The number of aromatic nitrogens is 1. The first-order valence-electron chi connectivity index (χ1n) is 9.32. The zero-order chi connectivity index (χ0) is 21.1. The van der Waals surface area contributed by atoms with Crippen molar-refractivity contribution in [1.82, 2.24) is 4.98 Å². The van der Waals surface area contributed by atoms with E-state index >= 15 is 0 Å². The molecule has 1 rings (SSSR count).